The fourth-order valence-electron chi connectivity index (χ4n) is 4.57. The maximum absolute atomic E-state index is 13.5. The zero-order valence-electron chi connectivity index (χ0n) is 21.3. The molecule has 1 aromatic carbocycles. The van der Waals surface area contributed by atoms with Crippen LogP contribution in [-0.2, 0) is 14.4 Å². The van der Waals surface area contributed by atoms with E-state index in [1.165, 1.54) is 11.8 Å². The Labute approximate surface area is 221 Å². The number of nitrogens with zero attached hydrogens (tertiary/aromatic N) is 4. The summed E-state index contributed by atoms with van der Waals surface area (Å²) >= 11 is 7.63. The summed E-state index contributed by atoms with van der Waals surface area (Å²) < 4.78 is 0. The molecule has 8 nitrogen and oxygen atoms in total. The molecule has 36 heavy (non-hydrogen) atoms. The molecule has 0 bridgehead atoms. The third-order valence-electron chi connectivity index (χ3n) is 6.33. The van der Waals surface area contributed by atoms with Crippen LogP contribution in [0.1, 0.15) is 52.6 Å². The number of thioether (sulfide) groups is 1. The predicted octanol–water partition coefficient (Wildman–Crippen LogP) is 3.91. The van der Waals surface area contributed by atoms with Crippen LogP contribution in [-0.4, -0.2) is 69.3 Å². The smallest absolute Gasteiger partial charge is 0.251 e. The van der Waals surface area contributed by atoms with Crippen molar-refractivity contribution in [2.75, 3.05) is 26.2 Å². The van der Waals surface area contributed by atoms with Crippen molar-refractivity contribution in [2.45, 2.75) is 52.6 Å². The number of carbonyl (C=O) groups excluding carboxylic acids is 3. The molecule has 1 fully saturated rings. The van der Waals surface area contributed by atoms with Crippen LogP contribution in [0.5, 0.6) is 0 Å². The van der Waals surface area contributed by atoms with Gasteiger partial charge in [-0.3, -0.25) is 14.4 Å². The Bertz CT molecular complexity index is 1160. The first-order valence-electron chi connectivity index (χ1n) is 12.0. The number of rotatable bonds is 4. The van der Waals surface area contributed by atoms with Gasteiger partial charge in [-0.25, -0.2) is 4.99 Å². The molecule has 0 radical (unpaired) electrons. The Kier molecular flexibility index (Phi) is 7.52. The fraction of sp³-hybridized carbons (Fsp3) is 0.462. The highest BCUT2D eigenvalue weighted by atomic mass is 35.5. The van der Waals surface area contributed by atoms with Crippen LogP contribution in [0.2, 0.25) is 5.02 Å². The normalized spacial score (nSPS) is 20.2. The summed E-state index contributed by atoms with van der Waals surface area (Å²) in [5, 5.41) is 6.37. The highest BCUT2D eigenvalue weighted by Crippen LogP contribution is 2.45. The monoisotopic (exact) mass is 529 g/mol. The minimum Gasteiger partial charge on any atom is -0.348 e. The summed E-state index contributed by atoms with van der Waals surface area (Å²) in [5.41, 5.74) is 2.46. The van der Waals surface area contributed by atoms with Gasteiger partial charge in [-0.2, -0.15) is 0 Å². The molecule has 0 aromatic heterocycles. The zero-order valence-corrected chi connectivity index (χ0v) is 22.9. The predicted molar refractivity (Wildman–Crippen MR) is 143 cm³/mol. The number of piperazine rings is 1. The Hall–Kier alpha value is -2.78. The van der Waals surface area contributed by atoms with Gasteiger partial charge in [-0.15, -0.1) is 0 Å². The number of nitrogens with one attached hydrogen (secondary N) is 1. The van der Waals surface area contributed by atoms with Crippen molar-refractivity contribution in [2.24, 2.45) is 4.99 Å². The molecular weight excluding hydrogens is 498 g/mol. The van der Waals surface area contributed by atoms with Gasteiger partial charge in [-0.05, 0) is 50.8 Å². The average Bonchev–Trinajstić information content (AvgIpc) is 3.19. The summed E-state index contributed by atoms with van der Waals surface area (Å²) in [7, 11) is 0. The minimum atomic E-state index is -0.444. The topological polar surface area (TPSA) is 85.3 Å². The molecule has 3 aliphatic heterocycles. The summed E-state index contributed by atoms with van der Waals surface area (Å²) in [4.78, 5) is 48.7. The van der Waals surface area contributed by atoms with Crippen molar-refractivity contribution in [3.63, 3.8) is 0 Å². The van der Waals surface area contributed by atoms with Crippen LogP contribution >= 0.6 is 23.4 Å². The van der Waals surface area contributed by atoms with Crippen LogP contribution in [0.15, 0.2) is 51.6 Å². The molecule has 3 amide bonds. The number of amidine groups is 1. The molecule has 0 saturated carbocycles. The lowest BCUT2D eigenvalue weighted by Gasteiger charge is -2.38. The lowest BCUT2D eigenvalue weighted by atomic mass is 9.92. The molecule has 10 heteroatoms. The Morgan fingerprint density at radius 3 is 2.28 bits per heavy atom. The fourth-order valence-corrected chi connectivity index (χ4v) is 5.66. The molecule has 192 valence electrons. The van der Waals surface area contributed by atoms with Gasteiger partial charge < -0.3 is 20.0 Å². The van der Waals surface area contributed by atoms with Crippen LogP contribution in [0, 0.1) is 0 Å². The molecule has 3 heterocycles. The molecule has 4 rings (SSSR count). The van der Waals surface area contributed by atoms with Gasteiger partial charge in [0.15, 0.2) is 5.17 Å². The quantitative estimate of drug-likeness (QED) is 0.639. The maximum atomic E-state index is 13.5. The van der Waals surface area contributed by atoms with Crippen molar-refractivity contribution in [3.05, 3.63) is 57.2 Å². The van der Waals surface area contributed by atoms with E-state index in [0.717, 1.165) is 16.4 Å². The van der Waals surface area contributed by atoms with E-state index in [4.69, 9.17) is 16.6 Å². The lowest BCUT2D eigenvalue weighted by Crippen LogP contribution is -2.50. The number of fused-ring (bicyclic) bond motifs is 1. The van der Waals surface area contributed by atoms with Gasteiger partial charge in [0.25, 0.3) is 5.91 Å². The van der Waals surface area contributed by atoms with E-state index in [1.807, 2.05) is 62.3 Å². The van der Waals surface area contributed by atoms with E-state index in [9.17, 15) is 14.4 Å². The molecule has 1 aromatic rings. The molecule has 1 unspecified atom stereocenters. The number of benzene rings is 1. The SMILES string of the molecule is CC(=O)N1CCN(C(=O)CC2=CSC3=NC(C)=C(C(=O)NC(C)(C)C)C(c4ccc(Cl)cc4)N23)CC1. The number of aliphatic imine (C=N–C) groups is 1. The van der Waals surface area contributed by atoms with E-state index in [0.29, 0.717) is 42.5 Å². The maximum Gasteiger partial charge on any atom is 0.251 e. The Morgan fingerprint density at radius 2 is 1.69 bits per heavy atom. The van der Waals surface area contributed by atoms with Crippen molar-refractivity contribution < 1.29 is 14.4 Å². The first-order chi connectivity index (χ1) is 16.9. The molecule has 0 spiro atoms. The van der Waals surface area contributed by atoms with Gasteiger partial charge >= 0.3 is 0 Å². The molecule has 0 aliphatic carbocycles. The number of halogens is 1. The van der Waals surface area contributed by atoms with Crippen molar-refractivity contribution in [1.29, 1.82) is 0 Å². The van der Waals surface area contributed by atoms with E-state index in [-0.39, 0.29) is 24.1 Å². The Morgan fingerprint density at radius 1 is 1.08 bits per heavy atom. The van der Waals surface area contributed by atoms with E-state index < -0.39 is 11.6 Å². The molecule has 3 aliphatic rings. The van der Waals surface area contributed by atoms with Crippen molar-refractivity contribution >= 4 is 46.3 Å². The van der Waals surface area contributed by atoms with E-state index >= 15 is 0 Å². The Balaban J connectivity index is 1.63. The molecule has 1 saturated heterocycles. The van der Waals surface area contributed by atoms with Gasteiger partial charge in [0.1, 0.15) is 0 Å². The third-order valence-corrected chi connectivity index (χ3v) is 7.47. The number of amides is 3. The van der Waals surface area contributed by atoms with Gasteiger partial charge in [0.2, 0.25) is 11.8 Å². The third kappa shape index (κ3) is 5.62. The van der Waals surface area contributed by atoms with Crippen LogP contribution in [0.25, 0.3) is 0 Å². The molecule has 1 N–H and O–H groups in total. The first-order valence-corrected chi connectivity index (χ1v) is 13.3. The second kappa shape index (κ2) is 10.3. The number of carbonyl (C=O) groups is 3. The molecular formula is C26H32ClN5O3S. The highest BCUT2D eigenvalue weighted by molar-refractivity contribution is 8.16. The van der Waals surface area contributed by atoms with Gasteiger partial charge in [0, 0.05) is 49.4 Å². The van der Waals surface area contributed by atoms with Crippen LogP contribution in [0.3, 0.4) is 0 Å². The summed E-state index contributed by atoms with van der Waals surface area (Å²) in [5.74, 6) is -0.168. The number of hydrogen-bond acceptors (Lipinski definition) is 6. The van der Waals surface area contributed by atoms with E-state index in [1.54, 1.807) is 16.7 Å². The standard InChI is InChI=1S/C26H32ClN5O3S/c1-16-22(24(35)29-26(3,4)5)23(18-6-8-19(27)9-7-18)32-20(15-36-25(32)28-16)14-21(34)31-12-10-30(11-13-31)17(2)33/h6-9,15,23H,10-14H2,1-5H3,(H,29,35). The van der Waals surface area contributed by atoms with E-state index in [2.05, 4.69) is 5.32 Å². The number of hydrogen-bond donors (Lipinski definition) is 1. The largest absolute Gasteiger partial charge is 0.348 e. The summed E-state index contributed by atoms with van der Waals surface area (Å²) in [6, 6.07) is 7.00. The van der Waals surface area contributed by atoms with Gasteiger partial charge in [0.05, 0.1) is 23.7 Å². The number of allylic oxidation sites excluding steroid dienone is 1. The average molecular weight is 530 g/mol. The first kappa shape index (κ1) is 26.3. The molecule has 1 atom stereocenters. The lowest BCUT2D eigenvalue weighted by molar-refractivity contribution is -0.138. The second-order valence-corrected chi connectivity index (χ2v) is 11.5. The second-order valence-electron chi connectivity index (χ2n) is 10.2. The van der Waals surface area contributed by atoms with Gasteiger partial charge in [-0.1, -0.05) is 35.5 Å². The van der Waals surface area contributed by atoms with Crippen molar-refractivity contribution in [1.82, 2.24) is 20.0 Å². The summed E-state index contributed by atoms with van der Waals surface area (Å²) in [6.07, 6.45) is 0.184. The minimum absolute atomic E-state index is 0.00636. The zero-order chi connectivity index (χ0) is 26.2. The highest BCUT2D eigenvalue weighted by Gasteiger charge is 2.41. The summed E-state index contributed by atoms with van der Waals surface area (Å²) in [6.45, 7) is 11.3. The van der Waals surface area contributed by atoms with Crippen molar-refractivity contribution in [3.8, 4) is 0 Å². The van der Waals surface area contributed by atoms with Crippen LogP contribution < -0.4 is 5.32 Å². The van der Waals surface area contributed by atoms with Crippen LogP contribution in [0.4, 0.5) is 0 Å².